The maximum atomic E-state index is 15.2. The summed E-state index contributed by atoms with van der Waals surface area (Å²) >= 11 is 1.74. The Labute approximate surface area is 319 Å². The monoisotopic (exact) mass is 728 g/mol. The second-order valence-electron chi connectivity index (χ2n) is 14.0. The van der Waals surface area contributed by atoms with E-state index < -0.39 is 0 Å². The Morgan fingerprint density at radius 1 is 0.600 bits per heavy atom. The number of ether oxygens (including phenoxy) is 1. The molecule has 7 heteroatoms. The van der Waals surface area contributed by atoms with Crippen molar-refractivity contribution in [2.45, 2.75) is 12.3 Å². The van der Waals surface area contributed by atoms with Crippen LogP contribution in [0, 0.1) is 5.82 Å². The Bertz CT molecular complexity index is 3060. The van der Waals surface area contributed by atoms with Crippen LogP contribution < -0.4 is 4.74 Å². The molecule has 11 rings (SSSR count). The highest BCUT2D eigenvalue weighted by Crippen LogP contribution is 2.48. The van der Waals surface area contributed by atoms with Crippen LogP contribution in [0.1, 0.15) is 23.5 Å². The van der Waals surface area contributed by atoms with Gasteiger partial charge in [0.05, 0.1) is 0 Å². The Morgan fingerprint density at radius 3 is 2.13 bits per heavy atom. The number of fused-ring (bicyclic) bond motifs is 7. The van der Waals surface area contributed by atoms with E-state index in [1.807, 2.05) is 54.7 Å². The molecule has 260 valence electrons. The lowest BCUT2D eigenvalue weighted by molar-refractivity contribution is 0.426. The van der Waals surface area contributed by atoms with Gasteiger partial charge in [-0.2, -0.15) is 0 Å². The van der Waals surface area contributed by atoms with Gasteiger partial charge in [0.25, 0.3) is 0 Å². The molecule has 55 heavy (non-hydrogen) atoms. The maximum absolute atomic E-state index is 15.2. The summed E-state index contributed by atoms with van der Waals surface area (Å²) in [5.41, 5.74) is 7.97. The molecule has 0 bridgehead atoms. The number of rotatable bonds is 5. The third-order valence-electron chi connectivity index (χ3n) is 10.6. The van der Waals surface area contributed by atoms with Gasteiger partial charge in [-0.05, 0) is 88.5 Å². The van der Waals surface area contributed by atoms with E-state index in [1.165, 1.54) is 32.7 Å². The minimum Gasteiger partial charge on any atom is -0.461 e. The molecule has 5 nitrogen and oxygen atoms in total. The van der Waals surface area contributed by atoms with Gasteiger partial charge < -0.3 is 4.74 Å². The first kappa shape index (κ1) is 31.7. The standard InChI is InChI=1S/C48H29FN4OS/c49-35-21-31-9-4-5-11-36(31)41(26-35)48-52-46(32-15-19-42-40(22-32)37-16-12-29(23-43(37)54-42)28-7-2-1-3-8-28)51-47(53-48)33-14-18-39-38-17-13-30(34-10-6-20-50-27-34)24-44(38)55-45(39)25-33/h1-15,17-27,37H,16H2. The highest BCUT2D eigenvalue weighted by Gasteiger charge is 2.32. The summed E-state index contributed by atoms with van der Waals surface area (Å²) in [7, 11) is 0. The molecule has 1 unspecified atom stereocenters. The summed E-state index contributed by atoms with van der Waals surface area (Å²) in [6.45, 7) is 0. The highest BCUT2D eigenvalue weighted by atomic mass is 32.1. The van der Waals surface area contributed by atoms with Crippen molar-refractivity contribution in [1.82, 2.24) is 19.9 Å². The van der Waals surface area contributed by atoms with E-state index in [2.05, 4.69) is 89.9 Å². The summed E-state index contributed by atoms with van der Waals surface area (Å²) in [6.07, 6.45) is 8.95. The van der Waals surface area contributed by atoms with E-state index in [1.54, 1.807) is 23.6 Å². The number of halogens is 1. The lowest BCUT2D eigenvalue weighted by Crippen LogP contribution is -2.03. The minimum atomic E-state index is -0.344. The van der Waals surface area contributed by atoms with Crippen molar-refractivity contribution in [3.05, 3.63) is 181 Å². The van der Waals surface area contributed by atoms with Crippen LogP contribution in [-0.2, 0) is 0 Å². The zero-order valence-electron chi connectivity index (χ0n) is 29.3. The van der Waals surface area contributed by atoms with Crippen molar-refractivity contribution in [2.24, 2.45) is 0 Å². The fraction of sp³-hybridized carbons (Fsp3) is 0.0417. The van der Waals surface area contributed by atoms with Crippen LogP contribution in [0.15, 0.2) is 164 Å². The summed E-state index contributed by atoms with van der Waals surface area (Å²) in [5.74, 6) is 3.00. The number of benzene rings is 6. The molecular weight excluding hydrogens is 700 g/mol. The summed E-state index contributed by atoms with van der Waals surface area (Å²) in [4.78, 5) is 19.5. The molecule has 0 saturated carbocycles. The first-order valence-corrected chi connectivity index (χ1v) is 19.0. The zero-order valence-corrected chi connectivity index (χ0v) is 30.1. The highest BCUT2D eigenvalue weighted by molar-refractivity contribution is 7.25. The molecule has 0 fully saturated rings. The van der Waals surface area contributed by atoms with E-state index >= 15 is 4.39 Å². The molecule has 1 atom stereocenters. The number of nitrogens with zero attached hydrogens (tertiary/aromatic N) is 4. The van der Waals surface area contributed by atoms with Crippen LogP contribution in [-0.4, -0.2) is 19.9 Å². The minimum absolute atomic E-state index is 0.101. The molecule has 3 aromatic heterocycles. The first-order chi connectivity index (χ1) is 27.1. The van der Waals surface area contributed by atoms with Crippen LogP contribution in [0.4, 0.5) is 4.39 Å². The fourth-order valence-electron chi connectivity index (χ4n) is 7.91. The van der Waals surface area contributed by atoms with Crippen LogP contribution in [0.25, 0.3) is 81.8 Å². The van der Waals surface area contributed by atoms with E-state index in [-0.39, 0.29) is 11.7 Å². The van der Waals surface area contributed by atoms with Gasteiger partial charge in [-0.25, -0.2) is 19.3 Å². The topological polar surface area (TPSA) is 60.8 Å². The Morgan fingerprint density at radius 2 is 1.31 bits per heavy atom. The number of aromatic nitrogens is 4. The third-order valence-corrected chi connectivity index (χ3v) is 11.7. The first-order valence-electron chi connectivity index (χ1n) is 18.2. The average molecular weight is 729 g/mol. The van der Waals surface area contributed by atoms with Gasteiger partial charge >= 0.3 is 0 Å². The van der Waals surface area contributed by atoms with Crippen LogP contribution in [0.3, 0.4) is 0 Å². The number of hydrogen-bond donors (Lipinski definition) is 0. The Kier molecular flexibility index (Phi) is 7.28. The van der Waals surface area contributed by atoms with Gasteiger partial charge in [0, 0.05) is 66.3 Å². The van der Waals surface area contributed by atoms with Crippen molar-refractivity contribution in [3.8, 4) is 51.0 Å². The van der Waals surface area contributed by atoms with Crippen molar-refractivity contribution in [3.63, 3.8) is 0 Å². The van der Waals surface area contributed by atoms with Crippen LogP contribution in [0.5, 0.6) is 5.75 Å². The lowest BCUT2D eigenvalue weighted by Gasteiger charge is -2.16. The Balaban J connectivity index is 1.03. The second kappa shape index (κ2) is 12.6. The molecule has 4 heterocycles. The number of allylic oxidation sites excluding steroid dienone is 4. The SMILES string of the molecule is Fc1cc(-c2nc(-c3ccc4c(c3)C3CC=C(c5ccccc5)C=C3O4)nc(-c3ccc4c(c3)sc3cc(-c5cccnc5)ccc34)n2)c2ccccc2c1. The molecule has 0 spiro atoms. The summed E-state index contributed by atoms with van der Waals surface area (Å²) in [6, 6.07) is 44.4. The molecule has 1 aliphatic heterocycles. The van der Waals surface area contributed by atoms with Crippen molar-refractivity contribution >= 4 is 47.9 Å². The lowest BCUT2D eigenvalue weighted by atomic mass is 9.87. The number of pyridine rings is 1. The van der Waals surface area contributed by atoms with Crippen molar-refractivity contribution in [2.75, 3.05) is 0 Å². The van der Waals surface area contributed by atoms with Crippen LogP contribution in [0.2, 0.25) is 0 Å². The van der Waals surface area contributed by atoms with Gasteiger partial charge in [-0.1, -0.05) is 91.0 Å². The summed E-state index contributed by atoms with van der Waals surface area (Å²) < 4.78 is 23.9. The third kappa shape index (κ3) is 5.51. The van der Waals surface area contributed by atoms with E-state index in [9.17, 15) is 0 Å². The van der Waals surface area contributed by atoms with E-state index in [0.29, 0.717) is 23.0 Å². The van der Waals surface area contributed by atoms with Crippen molar-refractivity contribution in [1.29, 1.82) is 0 Å². The van der Waals surface area contributed by atoms with Gasteiger partial charge in [0.15, 0.2) is 17.5 Å². The maximum Gasteiger partial charge on any atom is 0.164 e. The molecule has 0 amide bonds. The van der Waals surface area contributed by atoms with Crippen molar-refractivity contribution < 1.29 is 9.13 Å². The quantitative estimate of drug-likeness (QED) is 0.177. The smallest absolute Gasteiger partial charge is 0.164 e. The zero-order chi connectivity index (χ0) is 36.5. The number of hydrogen-bond acceptors (Lipinski definition) is 6. The van der Waals surface area contributed by atoms with E-state index in [4.69, 9.17) is 19.7 Å². The van der Waals surface area contributed by atoms with Gasteiger partial charge in [0.2, 0.25) is 0 Å². The molecule has 0 radical (unpaired) electrons. The molecule has 1 aliphatic carbocycles. The van der Waals surface area contributed by atoms with Crippen LogP contribution >= 0.6 is 11.3 Å². The predicted octanol–water partition coefficient (Wildman–Crippen LogP) is 12.4. The molecule has 9 aromatic rings. The molecule has 2 aliphatic rings. The molecular formula is C48H29FN4OS. The van der Waals surface area contributed by atoms with Gasteiger partial charge in [-0.3, -0.25) is 4.98 Å². The normalized spacial score (nSPS) is 14.7. The molecule has 6 aromatic carbocycles. The largest absolute Gasteiger partial charge is 0.461 e. The van der Waals surface area contributed by atoms with Gasteiger partial charge in [-0.15, -0.1) is 11.3 Å². The second-order valence-corrected chi connectivity index (χ2v) is 15.0. The average Bonchev–Trinajstić information content (AvgIpc) is 3.80. The van der Waals surface area contributed by atoms with Gasteiger partial charge in [0.1, 0.15) is 17.3 Å². The van der Waals surface area contributed by atoms with E-state index in [0.717, 1.165) is 61.2 Å². The fourth-order valence-corrected chi connectivity index (χ4v) is 9.09. The predicted molar refractivity (Wildman–Crippen MR) is 220 cm³/mol. The molecule has 0 N–H and O–H groups in total. The molecule has 0 saturated heterocycles. The summed E-state index contributed by atoms with van der Waals surface area (Å²) in [5, 5.41) is 4.03. The Hall–Kier alpha value is -6.83. The number of thiophene rings is 1.